The molecule has 0 bridgehead atoms. The fourth-order valence-corrected chi connectivity index (χ4v) is 10.4. The Bertz CT molecular complexity index is 3560. The molecule has 2 aliphatic carbocycles. The maximum Gasteiger partial charge on any atom is 0.164 e. The van der Waals surface area contributed by atoms with Gasteiger partial charge in [0.05, 0.1) is 5.41 Å². The van der Waals surface area contributed by atoms with Crippen LogP contribution in [0, 0.1) is 0 Å². The van der Waals surface area contributed by atoms with E-state index in [4.69, 9.17) is 19.4 Å². The molecule has 0 saturated heterocycles. The zero-order valence-electron chi connectivity index (χ0n) is 33.5. The van der Waals surface area contributed by atoms with E-state index in [2.05, 4.69) is 182 Å². The molecule has 4 heteroatoms. The van der Waals surface area contributed by atoms with Gasteiger partial charge >= 0.3 is 0 Å². The zero-order chi connectivity index (χ0) is 40.8. The van der Waals surface area contributed by atoms with Crippen LogP contribution < -0.4 is 0 Å². The molecule has 11 aromatic rings. The Morgan fingerprint density at radius 2 is 0.790 bits per heavy atom. The minimum atomic E-state index is -0.442. The van der Waals surface area contributed by atoms with E-state index in [1.807, 2.05) is 30.3 Å². The molecule has 0 aliphatic heterocycles. The van der Waals surface area contributed by atoms with Gasteiger partial charge < -0.3 is 4.42 Å². The molecule has 9 aromatic carbocycles. The summed E-state index contributed by atoms with van der Waals surface area (Å²) in [5.74, 6) is 1.83. The van der Waals surface area contributed by atoms with E-state index < -0.39 is 5.41 Å². The van der Waals surface area contributed by atoms with Crippen molar-refractivity contribution >= 4 is 21.9 Å². The smallest absolute Gasteiger partial charge is 0.164 e. The van der Waals surface area contributed by atoms with Gasteiger partial charge in [0.2, 0.25) is 0 Å². The van der Waals surface area contributed by atoms with Crippen LogP contribution >= 0.6 is 0 Å². The quantitative estimate of drug-likeness (QED) is 0.174. The van der Waals surface area contributed by atoms with Crippen LogP contribution in [0.5, 0.6) is 0 Å². The highest BCUT2D eigenvalue weighted by Crippen LogP contribution is 2.64. The van der Waals surface area contributed by atoms with Crippen LogP contribution in [0.15, 0.2) is 217 Å². The highest BCUT2D eigenvalue weighted by molar-refractivity contribution is 6.09. The van der Waals surface area contributed by atoms with E-state index in [1.54, 1.807) is 0 Å². The molecule has 2 aliphatic rings. The number of nitrogens with zero attached hydrogens (tertiary/aromatic N) is 3. The minimum absolute atomic E-state index is 0.442. The van der Waals surface area contributed by atoms with Crippen molar-refractivity contribution in [3.8, 4) is 78.7 Å². The van der Waals surface area contributed by atoms with Gasteiger partial charge in [-0.15, -0.1) is 0 Å². The van der Waals surface area contributed by atoms with Crippen LogP contribution in [0.4, 0.5) is 0 Å². The molecule has 0 atom stereocenters. The van der Waals surface area contributed by atoms with E-state index in [0.717, 1.165) is 60.9 Å². The third-order valence-corrected chi connectivity index (χ3v) is 13.0. The first-order valence-corrected chi connectivity index (χ1v) is 21.1. The van der Waals surface area contributed by atoms with Crippen LogP contribution in [0.1, 0.15) is 22.3 Å². The van der Waals surface area contributed by atoms with E-state index in [9.17, 15) is 0 Å². The molecule has 0 fully saturated rings. The van der Waals surface area contributed by atoms with Gasteiger partial charge in [-0.3, -0.25) is 0 Å². The van der Waals surface area contributed by atoms with Gasteiger partial charge in [-0.25, -0.2) is 15.0 Å². The van der Waals surface area contributed by atoms with E-state index in [-0.39, 0.29) is 0 Å². The van der Waals surface area contributed by atoms with Gasteiger partial charge in [0.25, 0.3) is 0 Å². The first-order chi connectivity index (χ1) is 30.8. The highest BCUT2D eigenvalue weighted by atomic mass is 16.3. The summed E-state index contributed by atoms with van der Waals surface area (Å²) in [5, 5.41) is 2.20. The van der Waals surface area contributed by atoms with Crippen LogP contribution in [0.2, 0.25) is 0 Å². The Morgan fingerprint density at radius 1 is 0.306 bits per heavy atom. The summed E-state index contributed by atoms with van der Waals surface area (Å²) >= 11 is 0. The molecule has 62 heavy (non-hydrogen) atoms. The maximum atomic E-state index is 6.47. The second-order valence-electron chi connectivity index (χ2n) is 16.2. The van der Waals surface area contributed by atoms with Crippen LogP contribution in [0.3, 0.4) is 0 Å². The minimum Gasteiger partial charge on any atom is -0.455 e. The van der Waals surface area contributed by atoms with Crippen molar-refractivity contribution < 1.29 is 4.42 Å². The Balaban J connectivity index is 1.01. The zero-order valence-corrected chi connectivity index (χ0v) is 33.5. The van der Waals surface area contributed by atoms with Gasteiger partial charge in [-0.05, 0) is 73.3 Å². The summed E-state index contributed by atoms with van der Waals surface area (Å²) in [7, 11) is 0. The Kier molecular flexibility index (Phi) is 7.49. The van der Waals surface area contributed by atoms with Crippen molar-refractivity contribution in [1.82, 2.24) is 15.0 Å². The third-order valence-electron chi connectivity index (χ3n) is 13.0. The normalized spacial score (nSPS) is 13.0. The molecular weight excluding hydrogens is 755 g/mol. The van der Waals surface area contributed by atoms with Crippen molar-refractivity contribution in [2.75, 3.05) is 0 Å². The molecule has 13 rings (SSSR count). The van der Waals surface area contributed by atoms with Gasteiger partial charge in [0.1, 0.15) is 11.2 Å². The number of aromatic nitrogens is 3. The number of fused-ring (bicyclic) bond motifs is 13. The molecule has 2 heterocycles. The molecule has 0 unspecified atom stereocenters. The second-order valence-corrected chi connectivity index (χ2v) is 16.2. The number of para-hydroxylation sites is 2. The molecule has 1 spiro atoms. The first kappa shape index (κ1) is 34.6. The maximum absolute atomic E-state index is 6.47. The van der Waals surface area contributed by atoms with Gasteiger partial charge in [-0.1, -0.05) is 200 Å². The summed E-state index contributed by atoms with van der Waals surface area (Å²) in [6, 6.07) is 75.5. The Labute approximate surface area is 358 Å². The van der Waals surface area contributed by atoms with E-state index in [1.165, 1.54) is 44.5 Å². The van der Waals surface area contributed by atoms with E-state index >= 15 is 0 Å². The van der Waals surface area contributed by atoms with Crippen molar-refractivity contribution in [1.29, 1.82) is 0 Å². The molecule has 2 aromatic heterocycles. The summed E-state index contributed by atoms with van der Waals surface area (Å²) in [6.45, 7) is 0. The topological polar surface area (TPSA) is 51.8 Å². The number of hydrogen-bond donors (Lipinski definition) is 0. The van der Waals surface area contributed by atoms with Crippen LogP contribution in [-0.4, -0.2) is 15.0 Å². The van der Waals surface area contributed by atoms with Gasteiger partial charge in [-0.2, -0.15) is 0 Å². The van der Waals surface area contributed by atoms with Crippen molar-refractivity contribution in [3.63, 3.8) is 0 Å². The summed E-state index contributed by atoms with van der Waals surface area (Å²) in [4.78, 5) is 15.8. The SMILES string of the molecule is c1ccc(-c2nc(-c3cccc(-c4cccc5c4oc4ccccc45)c3)nc(-c3ccccc3-c3cccc4c3-c3ccccc3C43c4ccccc4-c4ccccc43)n2)cc1. The van der Waals surface area contributed by atoms with Crippen LogP contribution in [-0.2, 0) is 5.41 Å². The lowest BCUT2D eigenvalue weighted by Gasteiger charge is -2.30. The predicted octanol–water partition coefficient (Wildman–Crippen LogP) is 14.4. The number of furan rings is 1. The molecule has 0 N–H and O–H groups in total. The summed E-state index contributed by atoms with van der Waals surface area (Å²) < 4.78 is 6.47. The predicted molar refractivity (Wildman–Crippen MR) is 251 cm³/mol. The molecule has 0 radical (unpaired) electrons. The Morgan fingerprint density at radius 3 is 1.56 bits per heavy atom. The molecular formula is C58H35N3O. The summed E-state index contributed by atoms with van der Waals surface area (Å²) in [6.07, 6.45) is 0. The number of rotatable bonds is 5. The third kappa shape index (κ3) is 4.92. The lowest BCUT2D eigenvalue weighted by molar-refractivity contribution is 0.670. The van der Waals surface area contributed by atoms with Crippen LogP contribution in [0.25, 0.3) is 101 Å². The van der Waals surface area contributed by atoms with Crippen molar-refractivity contribution in [2.45, 2.75) is 5.41 Å². The average molecular weight is 790 g/mol. The van der Waals surface area contributed by atoms with Crippen molar-refractivity contribution in [3.05, 3.63) is 235 Å². The molecule has 0 amide bonds. The lowest BCUT2D eigenvalue weighted by Crippen LogP contribution is -2.25. The molecule has 288 valence electrons. The average Bonchev–Trinajstić information content (AvgIpc) is 3.99. The fraction of sp³-hybridized carbons (Fsp3) is 0.0172. The second kappa shape index (κ2) is 13.4. The van der Waals surface area contributed by atoms with Gasteiger partial charge in [0, 0.05) is 33.0 Å². The first-order valence-electron chi connectivity index (χ1n) is 21.1. The highest BCUT2D eigenvalue weighted by Gasteiger charge is 2.52. The van der Waals surface area contributed by atoms with Gasteiger partial charge in [0.15, 0.2) is 17.5 Å². The fourth-order valence-electron chi connectivity index (χ4n) is 10.4. The molecule has 4 nitrogen and oxygen atoms in total. The Hall–Kier alpha value is -8.21. The lowest BCUT2D eigenvalue weighted by atomic mass is 9.70. The van der Waals surface area contributed by atoms with E-state index in [0.29, 0.717) is 17.5 Å². The number of benzene rings is 9. The van der Waals surface area contributed by atoms with Crippen molar-refractivity contribution in [2.24, 2.45) is 0 Å². The summed E-state index contributed by atoms with van der Waals surface area (Å²) in [5.41, 5.74) is 18.6. The standard InChI is InChI=1S/C58H35N3O/c1-2-17-36(18-3-1)55-59-56(38-20-14-19-37(35-38)39-27-15-29-45-43-24-9-13-34-52(43)62-54(39)45)61-57(60-55)46-25-5-4-21-40(46)44-28-16-33-51-53(44)47-26-8-12-32-50(47)58(51)48-30-10-6-22-41(48)42-23-7-11-31-49(42)58/h1-35H. The largest absolute Gasteiger partial charge is 0.455 e. The number of hydrogen-bond acceptors (Lipinski definition) is 4. The monoisotopic (exact) mass is 789 g/mol. The molecule has 0 saturated carbocycles.